The number of hydrogen-bond acceptors (Lipinski definition) is 2. The highest BCUT2D eigenvalue weighted by Crippen LogP contribution is 2.18. The molecule has 3 aromatic rings. The van der Waals surface area contributed by atoms with Crippen LogP contribution < -0.4 is 10.6 Å². The Morgan fingerprint density at radius 3 is 2.64 bits per heavy atom. The van der Waals surface area contributed by atoms with E-state index in [2.05, 4.69) is 63.2 Å². The number of benzene rings is 2. The van der Waals surface area contributed by atoms with Crippen LogP contribution in [0, 0.1) is 0 Å². The van der Waals surface area contributed by atoms with E-state index in [4.69, 9.17) is 0 Å². The summed E-state index contributed by atoms with van der Waals surface area (Å²) in [6.07, 6.45) is 2.75. The van der Waals surface area contributed by atoms with E-state index in [-0.39, 0.29) is 24.0 Å². The van der Waals surface area contributed by atoms with E-state index in [1.807, 2.05) is 17.8 Å². The van der Waals surface area contributed by atoms with E-state index in [0.29, 0.717) is 6.54 Å². The molecule has 0 radical (unpaired) electrons. The summed E-state index contributed by atoms with van der Waals surface area (Å²) in [5, 5.41) is 13.5. The average Bonchev–Trinajstić information content (AvgIpc) is 3.03. The highest BCUT2D eigenvalue weighted by molar-refractivity contribution is 14.0. The first kappa shape index (κ1) is 19.2. The fraction of sp³-hybridized carbons (Fsp3) is 0.263. The molecule has 0 atom stereocenters. The molecule has 0 amide bonds. The Kier molecular flexibility index (Phi) is 7.24. The summed E-state index contributed by atoms with van der Waals surface area (Å²) in [5.41, 5.74) is 2.47. The molecule has 0 aliphatic heterocycles. The van der Waals surface area contributed by atoms with Crippen molar-refractivity contribution in [3.63, 3.8) is 0 Å². The van der Waals surface area contributed by atoms with Crippen molar-refractivity contribution in [2.45, 2.75) is 13.0 Å². The van der Waals surface area contributed by atoms with Crippen molar-refractivity contribution in [2.75, 3.05) is 13.6 Å². The molecular formula is C19H24IN5. The van der Waals surface area contributed by atoms with Gasteiger partial charge in [-0.05, 0) is 28.8 Å². The van der Waals surface area contributed by atoms with Crippen LogP contribution in [0.25, 0.3) is 10.8 Å². The van der Waals surface area contributed by atoms with Gasteiger partial charge >= 0.3 is 0 Å². The van der Waals surface area contributed by atoms with Gasteiger partial charge in [-0.25, -0.2) is 0 Å². The van der Waals surface area contributed by atoms with E-state index >= 15 is 0 Å². The number of fused-ring (bicyclic) bond motifs is 1. The van der Waals surface area contributed by atoms with E-state index in [1.54, 1.807) is 13.2 Å². The molecule has 6 heteroatoms. The summed E-state index contributed by atoms with van der Waals surface area (Å²) in [6, 6.07) is 17.0. The number of guanidine groups is 1. The minimum atomic E-state index is 0. The summed E-state index contributed by atoms with van der Waals surface area (Å²) < 4.78 is 1.86. The standard InChI is InChI=1S/C19H23N5.HI/c1-20-19(22-14-17-11-13-23-24(17)2)21-12-10-16-8-5-7-15-6-3-4-9-18(15)16;/h3-9,11,13H,10,12,14H2,1-2H3,(H2,20,21,22);1H. The predicted octanol–water partition coefficient (Wildman–Crippen LogP) is 3.10. The van der Waals surface area contributed by atoms with Gasteiger partial charge in [0.25, 0.3) is 0 Å². The summed E-state index contributed by atoms with van der Waals surface area (Å²) in [6.45, 7) is 1.53. The van der Waals surface area contributed by atoms with E-state index in [0.717, 1.165) is 24.6 Å². The van der Waals surface area contributed by atoms with Crippen LogP contribution in [0.4, 0.5) is 0 Å². The molecule has 0 bridgehead atoms. The number of nitrogens with zero attached hydrogens (tertiary/aromatic N) is 3. The number of hydrogen-bond donors (Lipinski definition) is 2. The lowest BCUT2D eigenvalue weighted by atomic mass is 10.0. The van der Waals surface area contributed by atoms with Crippen LogP contribution in [-0.4, -0.2) is 29.3 Å². The Hall–Kier alpha value is -2.09. The maximum atomic E-state index is 4.28. The molecule has 1 heterocycles. The molecule has 3 rings (SSSR count). The Labute approximate surface area is 165 Å². The van der Waals surface area contributed by atoms with Crippen molar-refractivity contribution in [1.82, 2.24) is 20.4 Å². The minimum absolute atomic E-state index is 0. The lowest BCUT2D eigenvalue weighted by Crippen LogP contribution is -2.38. The number of aromatic nitrogens is 2. The zero-order chi connectivity index (χ0) is 16.8. The third-order valence-corrected chi connectivity index (χ3v) is 4.15. The molecule has 1 aromatic heterocycles. The fourth-order valence-corrected chi connectivity index (χ4v) is 2.80. The normalized spacial score (nSPS) is 11.2. The van der Waals surface area contributed by atoms with Crippen molar-refractivity contribution in [3.8, 4) is 0 Å². The Balaban J connectivity index is 0.00000225. The second-order valence-corrected chi connectivity index (χ2v) is 5.69. The molecule has 0 saturated heterocycles. The smallest absolute Gasteiger partial charge is 0.191 e. The third kappa shape index (κ3) is 4.94. The molecule has 0 aliphatic carbocycles. The summed E-state index contributed by atoms with van der Waals surface area (Å²) >= 11 is 0. The highest BCUT2D eigenvalue weighted by atomic mass is 127. The van der Waals surface area contributed by atoms with E-state index in [9.17, 15) is 0 Å². The molecule has 0 spiro atoms. The molecule has 0 saturated carbocycles. The maximum Gasteiger partial charge on any atom is 0.191 e. The van der Waals surface area contributed by atoms with Crippen LogP contribution in [0.15, 0.2) is 59.7 Å². The molecule has 0 unspecified atom stereocenters. The van der Waals surface area contributed by atoms with Gasteiger partial charge in [0, 0.05) is 26.8 Å². The first-order chi connectivity index (χ1) is 11.8. The van der Waals surface area contributed by atoms with Crippen LogP contribution in [0.3, 0.4) is 0 Å². The predicted molar refractivity (Wildman–Crippen MR) is 114 cm³/mol. The summed E-state index contributed by atoms with van der Waals surface area (Å²) in [4.78, 5) is 4.28. The Bertz CT molecular complexity index is 835. The van der Waals surface area contributed by atoms with E-state index in [1.165, 1.54) is 16.3 Å². The van der Waals surface area contributed by atoms with Gasteiger partial charge in [-0.2, -0.15) is 5.10 Å². The van der Waals surface area contributed by atoms with Gasteiger partial charge in [0.15, 0.2) is 5.96 Å². The second kappa shape index (κ2) is 9.41. The number of nitrogens with one attached hydrogen (secondary N) is 2. The largest absolute Gasteiger partial charge is 0.356 e. The third-order valence-electron chi connectivity index (χ3n) is 4.15. The number of halogens is 1. The van der Waals surface area contributed by atoms with Gasteiger partial charge in [-0.15, -0.1) is 24.0 Å². The average molecular weight is 449 g/mol. The van der Waals surface area contributed by atoms with Gasteiger partial charge in [-0.1, -0.05) is 42.5 Å². The maximum absolute atomic E-state index is 4.28. The first-order valence-electron chi connectivity index (χ1n) is 8.16. The van der Waals surface area contributed by atoms with Crippen molar-refractivity contribution in [3.05, 3.63) is 66.0 Å². The van der Waals surface area contributed by atoms with Gasteiger partial charge in [0.2, 0.25) is 0 Å². The van der Waals surface area contributed by atoms with Gasteiger partial charge in [0.05, 0.1) is 12.2 Å². The molecule has 0 fully saturated rings. The zero-order valence-corrected chi connectivity index (χ0v) is 16.9. The van der Waals surface area contributed by atoms with Gasteiger partial charge in [-0.3, -0.25) is 9.67 Å². The number of aliphatic imine (C=N–C) groups is 1. The lowest BCUT2D eigenvalue weighted by molar-refractivity contribution is 0.684. The summed E-state index contributed by atoms with van der Waals surface area (Å²) in [5.74, 6) is 0.802. The molecule has 0 aliphatic rings. The van der Waals surface area contributed by atoms with E-state index < -0.39 is 0 Å². The molecular weight excluding hydrogens is 425 g/mol. The van der Waals surface area contributed by atoms with Crippen LogP contribution in [0.5, 0.6) is 0 Å². The minimum Gasteiger partial charge on any atom is -0.356 e. The number of aryl methyl sites for hydroxylation is 1. The molecule has 132 valence electrons. The SMILES string of the molecule is CN=C(NCCc1cccc2ccccc12)NCc1ccnn1C.I. The lowest BCUT2D eigenvalue weighted by Gasteiger charge is -2.13. The zero-order valence-electron chi connectivity index (χ0n) is 14.6. The quantitative estimate of drug-likeness (QED) is 0.358. The van der Waals surface area contributed by atoms with Crippen LogP contribution >= 0.6 is 24.0 Å². The number of rotatable bonds is 5. The van der Waals surface area contributed by atoms with Crippen molar-refractivity contribution >= 4 is 40.7 Å². The van der Waals surface area contributed by atoms with Crippen LogP contribution in [0.1, 0.15) is 11.3 Å². The van der Waals surface area contributed by atoms with Gasteiger partial charge < -0.3 is 10.6 Å². The van der Waals surface area contributed by atoms with Gasteiger partial charge in [0.1, 0.15) is 0 Å². The fourth-order valence-electron chi connectivity index (χ4n) is 2.80. The Morgan fingerprint density at radius 1 is 1.08 bits per heavy atom. The second-order valence-electron chi connectivity index (χ2n) is 5.69. The molecule has 25 heavy (non-hydrogen) atoms. The monoisotopic (exact) mass is 449 g/mol. The van der Waals surface area contributed by atoms with Crippen molar-refractivity contribution in [1.29, 1.82) is 0 Å². The van der Waals surface area contributed by atoms with Crippen molar-refractivity contribution in [2.24, 2.45) is 12.0 Å². The first-order valence-corrected chi connectivity index (χ1v) is 8.16. The molecule has 5 nitrogen and oxygen atoms in total. The molecule has 2 aromatic carbocycles. The Morgan fingerprint density at radius 2 is 1.88 bits per heavy atom. The van der Waals surface area contributed by atoms with Crippen LogP contribution in [-0.2, 0) is 20.0 Å². The molecule has 2 N–H and O–H groups in total. The highest BCUT2D eigenvalue weighted by Gasteiger charge is 2.03. The summed E-state index contributed by atoms with van der Waals surface area (Å²) in [7, 11) is 3.73. The topological polar surface area (TPSA) is 54.2 Å². The van der Waals surface area contributed by atoms with Crippen molar-refractivity contribution < 1.29 is 0 Å². The van der Waals surface area contributed by atoms with Crippen LogP contribution in [0.2, 0.25) is 0 Å².